The molecule has 0 radical (unpaired) electrons. The summed E-state index contributed by atoms with van der Waals surface area (Å²) in [6.45, 7) is 4.70. The number of hydrogen-bond acceptors (Lipinski definition) is 4. The van der Waals surface area contributed by atoms with Crippen molar-refractivity contribution in [3.05, 3.63) is 105 Å². The summed E-state index contributed by atoms with van der Waals surface area (Å²) in [6, 6.07) is 18.7. The van der Waals surface area contributed by atoms with E-state index in [-0.39, 0.29) is 5.97 Å². The number of carbonyl (C=O) groups excluding carboxylic acids is 1. The zero-order valence-corrected chi connectivity index (χ0v) is 19.7. The summed E-state index contributed by atoms with van der Waals surface area (Å²) in [4.78, 5) is 12.4. The first-order valence-corrected chi connectivity index (χ1v) is 11.2. The van der Waals surface area contributed by atoms with Gasteiger partial charge in [0.15, 0.2) is 11.5 Å². The normalized spacial score (nSPS) is 14.2. The number of aryl methyl sites for hydroxylation is 1. The Hall–Kier alpha value is -3.21. The summed E-state index contributed by atoms with van der Waals surface area (Å²) in [6.07, 6.45) is 3.52. The second kappa shape index (κ2) is 10.2. The van der Waals surface area contributed by atoms with Crippen LogP contribution in [0, 0.1) is 6.92 Å². The number of hydrogen-bond donors (Lipinski definition) is 0. The van der Waals surface area contributed by atoms with E-state index in [4.69, 9.17) is 37.4 Å². The molecular formula is C27H22Cl2O4. The molecule has 1 aliphatic heterocycles. The van der Waals surface area contributed by atoms with Gasteiger partial charge in [0.1, 0.15) is 12.4 Å². The number of esters is 1. The van der Waals surface area contributed by atoms with Crippen molar-refractivity contribution in [3.8, 4) is 11.5 Å². The van der Waals surface area contributed by atoms with Gasteiger partial charge >= 0.3 is 5.97 Å². The third-order valence-corrected chi connectivity index (χ3v) is 5.77. The van der Waals surface area contributed by atoms with Crippen LogP contribution < -0.4 is 9.47 Å². The average molecular weight is 481 g/mol. The highest BCUT2D eigenvalue weighted by Crippen LogP contribution is 2.33. The van der Waals surface area contributed by atoms with Crippen molar-refractivity contribution in [3.63, 3.8) is 0 Å². The maximum absolute atomic E-state index is 12.4. The lowest BCUT2D eigenvalue weighted by atomic mass is 10.1. The highest BCUT2D eigenvalue weighted by atomic mass is 35.5. The number of benzene rings is 3. The molecule has 1 aliphatic rings. The molecule has 168 valence electrons. The van der Waals surface area contributed by atoms with Crippen LogP contribution in [0.5, 0.6) is 11.5 Å². The Balaban J connectivity index is 1.55. The van der Waals surface area contributed by atoms with E-state index in [1.54, 1.807) is 24.3 Å². The fourth-order valence-corrected chi connectivity index (χ4v) is 3.64. The average Bonchev–Trinajstić information content (AvgIpc) is 3.16. The van der Waals surface area contributed by atoms with Crippen LogP contribution in [0.15, 0.2) is 72.3 Å². The van der Waals surface area contributed by atoms with Crippen molar-refractivity contribution in [1.82, 2.24) is 0 Å². The zero-order valence-electron chi connectivity index (χ0n) is 18.2. The summed E-state index contributed by atoms with van der Waals surface area (Å²) < 4.78 is 17.2. The highest BCUT2D eigenvalue weighted by Gasteiger charge is 2.22. The Morgan fingerprint density at radius 3 is 2.42 bits per heavy atom. The number of ether oxygens (including phenoxy) is 3. The summed E-state index contributed by atoms with van der Waals surface area (Å²) in [5, 5.41) is 0.976. The lowest BCUT2D eigenvalue weighted by Gasteiger charge is -2.13. The summed E-state index contributed by atoms with van der Waals surface area (Å²) >= 11 is 12.1. The van der Waals surface area contributed by atoms with E-state index in [1.807, 2.05) is 62.4 Å². The molecule has 3 aromatic carbocycles. The van der Waals surface area contributed by atoms with Gasteiger partial charge in [-0.1, -0.05) is 65.2 Å². The molecule has 3 aromatic rings. The van der Waals surface area contributed by atoms with Crippen molar-refractivity contribution in [2.24, 2.45) is 0 Å². The van der Waals surface area contributed by atoms with Gasteiger partial charge in [-0.25, -0.2) is 4.79 Å². The maximum Gasteiger partial charge on any atom is 0.343 e. The van der Waals surface area contributed by atoms with Gasteiger partial charge in [-0.05, 0) is 61.4 Å². The molecule has 0 bridgehead atoms. The molecule has 1 heterocycles. The topological polar surface area (TPSA) is 44.8 Å². The number of cyclic esters (lactones) is 1. The second-order valence-electron chi connectivity index (χ2n) is 7.54. The van der Waals surface area contributed by atoms with Gasteiger partial charge in [0.2, 0.25) is 0 Å². The molecule has 0 spiro atoms. The van der Waals surface area contributed by atoms with E-state index < -0.39 is 0 Å². The Morgan fingerprint density at radius 1 is 0.909 bits per heavy atom. The fraction of sp³-hybridized carbons (Fsp3) is 0.148. The van der Waals surface area contributed by atoms with Crippen LogP contribution in [-0.2, 0) is 16.1 Å². The van der Waals surface area contributed by atoms with Gasteiger partial charge < -0.3 is 14.2 Å². The standard InChI is InChI=1S/C27H22Cl2O4/c1-3-31-26-14-18(7-11-24(26)32-16-19-6-10-22(28)23(29)13-19)12-21-15-25(33-27(21)30)20-8-4-17(2)5-9-20/h4-15H,3,16H2,1-2H3/b21-12+. The SMILES string of the molecule is CCOc1cc(/C=C2\C=C(c3ccc(C)cc3)OC2=O)ccc1OCc1ccc(Cl)c(Cl)c1. The molecule has 0 unspecified atom stereocenters. The van der Waals surface area contributed by atoms with E-state index in [0.29, 0.717) is 46.1 Å². The predicted molar refractivity (Wildman–Crippen MR) is 132 cm³/mol. The van der Waals surface area contributed by atoms with Gasteiger partial charge in [0.25, 0.3) is 0 Å². The molecular weight excluding hydrogens is 459 g/mol. The Labute approximate surface area is 203 Å². The molecule has 0 aliphatic carbocycles. The van der Waals surface area contributed by atoms with Crippen molar-refractivity contribution in [2.45, 2.75) is 20.5 Å². The highest BCUT2D eigenvalue weighted by molar-refractivity contribution is 6.42. The fourth-order valence-electron chi connectivity index (χ4n) is 3.32. The van der Waals surface area contributed by atoms with Gasteiger partial charge in [-0.3, -0.25) is 0 Å². The van der Waals surface area contributed by atoms with Crippen LogP contribution in [0.4, 0.5) is 0 Å². The van der Waals surface area contributed by atoms with Crippen molar-refractivity contribution in [1.29, 1.82) is 0 Å². The van der Waals surface area contributed by atoms with Gasteiger partial charge in [0.05, 0.1) is 22.2 Å². The first-order chi connectivity index (χ1) is 15.9. The van der Waals surface area contributed by atoms with E-state index in [1.165, 1.54) is 0 Å². The number of halogens is 2. The molecule has 0 aromatic heterocycles. The lowest BCUT2D eigenvalue weighted by Crippen LogP contribution is -2.00. The molecule has 0 atom stereocenters. The molecule has 6 heteroatoms. The Kier molecular flexibility index (Phi) is 7.07. The van der Waals surface area contributed by atoms with E-state index in [9.17, 15) is 4.79 Å². The van der Waals surface area contributed by atoms with Crippen LogP contribution in [0.25, 0.3) is 11.8 Å². The monoisotopic (exact) mass is 480 g/mol. The predicted octanol–water partition coefficient (Wildman–Crippen LogP) is 7.26. The van der Waals surface area contributed by atoms with Crippen LogP contribution >= 0.6 is 23.2 Å². The van der Waals surface area contributed by atoms with Crippen LogP contribution in [0.3, 0.4) is 0 Å². The molecule has 0 saturated carbocycles. The van der Waals surface area contributed by atoms with Crippen molar-refractivity contribution < 1.29 is 19.0 Å². The molecule has 0 N–H and O–H groups in total. The molecule has 4 nitrogen and oxygen atoms in total. The molecule has 4 rings (SSSR count). The zero-order chi connectivity index (χ0) is 23.4. The van der Waals surface area contributed by atoms with Gasteiger partial charge in [-0.15, -0.1) is 0 Å². The lowest BCUT2D eigenvalue weighted by molar-refractivity contribution is -0.130. The summed E-state index contributed by atoms with van der Waals surface area (Å²) in [7, 11) is 0. The third kappa shape index (κ3) is 5.59. The van der Waals surface area contributed by atoms with E-state index in [0.717, 1.165) is 22.3 Å². The molecule has 0 fully saturated rings. The van der Waals surface area contributed by atoms with Crippen LogP contribution in [-0.4, -0.2) is 12.6 Å². The quantitative estimate of drug-likeness (QED) is 0.263. The summed E-state index contributed by atoms with van der Waals surface area (Å²) in [5.41, 5.74) is 4.16. The van der Waals surface area contributed by atoms with Gasteiger partial charge in [0, 0.05) is 5.56 Å². The van der Waals surface area contributed by atoms with E-state index in [2.05, 4.69) is 0 Å². The first kappa shape index (κ1) is 23.0. The first-order valence-electron chi connectivity index (χ1n) is 10.5. The molecule has 0 amide bonds. The van der Waals surface area contributed by atoms with Crippen LogP contribution in [0.1, 0.15) is 29.2 Å². The molecule has 0 saturated heterocycles. The minimum atomic E-state index is -0.386. The third-order valence-electron chi connectivity index (χ3n) is 5.03. The minimum absolute atomic E-state index is 0.312. The largest absolute Gasteiger partial charge is 0.490 e. The van der Waals surface area contributed by atoms with Crippen molar-refractivity contribution >= 4 is 41.0 Å². The number of rotatable bonds is 7. The Morgan fingerprint density at radius 2 is 1.70 bits per heavy atom. The van der Waals surface area contributed by atoms with Crippen molar-refractivity contribution in [2.75, 3.05) is 6.61 Å². The van der Waals surface area contributed by atoms with E-state index >= 15 is 0 Å². The van der Waals surface area contributed by atoms with Gasteiger partial charge in [-0.2, -0.15) is 0 Å². The minimum Gasteiger partial charge on any atom is -0.490 e. The number of carbonyl (C=O) groups is 1. The summed E-state index contributed by atoms with van der Waals surface area (Å²) in [5.74, 6) is 1.33. The van der Waals surface area contributed by atoms with Crippen LogP contribution in [0.2, 0.25) is 10.0 Å². The smallest absolute Gasteiger partial charge is 0.343 e. The molecule has 33 heavy (non-hydrogen) atoms. The maximum atomic E-state index is 12.4. The Bertz CT molecular complexity index is 1240. The second-order valence-corrected chi connectivity index (χ2v) is 8.35.